The zero-order valence-corrected chi connectivity index (χ0v) is 6.92. The highest BCUT2D eigenvalue weighted by Crippen LogP contribution is 2.14. The summed E-state index contributed by atoms with van der Waals surface area (Å²) in [4.78, 5) is 7.90. The molecular weight excluding hydrogens is 152 g/mol. The summed E-state index contributed by atoms with van der Waals surface area (Å²) in [6.45, 7) is 1.97. The summed E-state index contributed by atoms with van der Waals surface area (Å²) in [5.74, 6) is 0. The minimum atomic E-state index is 0.00386. The number of aryl methyl sites for hydroxylation is 1. The molecule has 0 amide bonds. The molecule has 1 aromatic rings. The van der Waals surface area contributed by atoms with Crippen LogP contribution in [-0.4, -0.2) is 9.97 Å². The van der Waals surface area contributed by atoms with Crippen LogP contribution < -0.4 is 0 Å². The van der Waals surface area contributed by atoms with Gasteiger partial charge in [-0.15, -0.1) is 0 Å². The maximum Gasteiger partial charge on any atom is 0.380 e. The lowest BCUT2D eigenvalue weighted by Crippen LogP contribution is -1.81. The minimum Gasteiger partial charge on any atom is -0.211 e. The molecule has 1 atom stereocenters. The fourth-order valence-electron chi connectivity index (χ4n) is 0.442. The van der Waals surface area contributed by atoms with E-state index in [9.17, 15) is 0 Å². The number of rotatable bonds is 0. The zero-order chi connectivity index (χ0) is 6.85. The van der Waals surface area contributed by atoms with Crippen LogP contribution in [0, 0.1) is 10.9 Å². The van der Waals surface area contributed by atoms with Gasteiger partial charge in [-0.2, -0.15) is 4.98 Å². The molecule has 0 aromatic carbocycles. The predicted molar refractivity (Wildman–Crippen MR) is 41.1 cm³/mol. The molecule has 1 heterocycles. The van der Waals surface area contributed by atoms with Gasteiger partial charge in [0.25, 0.3) is 12.2 Å². The van der Waals surface area contributed by atoms with Crippen molar-refractivity contribution in [1.29, 1.82) is 0 Å². The van der Waals surface area contributed by atoms with E-state index in [-0.39, 0.29) is 10.5 Å². The van der Waals surface area contributed by atoms with Crippen molar-refractivity contribution in [3.05, 3.63) is 15.3 Å². The summed E-state index contributed by atoms with van der Waals surface area (Å²) in [6, 6.07) is 0. The maximum absolute atomic E-state index is 4.94. The van der Waals surface area contributed by atoms with Gasteiger partial charge in [0.1, 0.15) is 6.33 Å². The molecule has 0 saturated heterocycles. The molecule has 1 rings (SSSR count). The third-order valence-corrected chi connectivity index (χ3v) is 3.58. The topological polar surface area (TPSA) is 25.8 Å². The van der Waals surface area contributed by atoms with Crippen LogP contribution in [0.3, 0.4) is 0 Å². The second-order valence-electron chi connectivity index (χ2n) is 1.67. The highest BCUT2D eigenvalue weighted by atomic mass is 32.2. The normalized spacial score (nSPS) is 11.6. The molecule has 0 aliphatic carbocycles. The average Bonchev–Trinajstić information content (AvgIpc) is 1.83. The lowest BCUT2D eigenvalue weighted by Gasteiger charge is -1.86. The largest absolute Gasteiger partial charge is 0.380 e. The van der Waals surface area contributed by atoms with Gasteiger partial charge in [0.05, 0.1) is 6.26 Å². The highest BCUT2D eigenvalue weighted by molar-refractivity contribution is 7.74. The molecule has 1 aromatic heterocycles. The molecule has 0 radical (unpaired) electrons. The lowest BCUT2D eigenvalue weighted by molar-refractivity contribution is 1.15. The SMILES string of the molecule is Cc1ncnc(=S)[s+]1C. The molecule has 4 heteroatoms. The Balaban J connectivity index is 3.43. The Bertz CT molecular complexity index is 266. The van der Waals surface area contributed by atoms with E-state index >= 15 is 0 Å². The number of hydrogen-bond acceptors (Lipinski definition) is 3. The van der Waals surface area contributed by atoms with Crippen molar-refractivity contribution in [2.24, 2.45) is 6.26 Å². The van der Waals surface area contributed by atoms with Gasteiger partial charge in [-0.1, -0.05) is 0 Å². The molecule has 0 saturated carbocycles. The Morgan fingerprint density at radius 3 is 2.67 bits per heavy atom. The molecule has 0 N–H and O–H groups in total. The predicted octanol–water partition coefficient (Wildman–Crippen LogP) is 1.80. The van der Waals surface area contributed by atoms with Gasteiger partial charge >= 0.3 is 3.95 Å². The van der Waals surface area contributed by atoms with Crippen LogP contribution in [0.2, 0.25) is 0 Å². The summed E-state index contributed by atoms with van der Waals surface area (Å²) < 4.78 is 0.766. The number of nitrogens with zero attached hydrogens (tertiary/aromatic N) is 2. The number of hydrogen-bond donors (Lipinski definition) is 0. The van der Waals surface area contributed by atoms with Gasteiger partial charge < -0.3 is 0 Å². The molecule has 0 aliphatic heterocycles. The van der Waals surface area contributed by atoms with Gasteiger partial charge in [0.2, 0.25) is 0 Å². The van der Waals surface area contributed by atoms with Gasteiger partial charge in [-0.3, -0.25) is 0 Å². The standard InChI is InChI=1S/C5H7N2S2/c1-4-6-3-7-5(8)9(4)2/h3H,1-2H3/q+1. The van der Waals surface area contributed by atoms with Crippen LogP contribution in [0.15, 0.2) is 6.33 Å². The molecule has 2 nitrogen and oxygen atoms in total. The minimum absolute atomic E-state index is 0.00386. The van der Waals surface area contributed by atoms with E-state index in [1.807, 2.05) is 13.2 Å². The first-order valence-electron chi connectivity index (χ1n) is 2.48. The third-order valence-electron chi connectivity index (χ3n) is 1.11. The summed E-state index contributed by atoms with van der Waals surface area (Å²) in [5.41, 5.74) is 0. The smallest absolute Gasteiger partial charge is 0.211 e. The Hall–Kier alpha value is -0.350. The van der Waals surface area contributed by atoms with Crippen LogP contribution in [-0.2, 0) is 6.26 Å². The molecule has 0 aliphatic rings. The molecule has 0 fully saturated rings. The monoisotopic (exact) mass is 159 g/mol. The third kappa shape index (κ3) is 1.31. The van der Waals surface area contributed by atoms with E-state index in [0.29, 0.717) is 0 Å². The average molecular weight is 159 g/mol. The van der Waals surface area contributed by atoms with Crippen molar-refractivity contribution < 1.29 is 0 Å². The first-order chi connectivity index (χ1) is 4.22. The van der Waals surface area contributed by atoms with Crippen LogP contribution in [0.5, 0.6) is 0 Å². The van der Waals surface area contributed by atoms with Crippen molar-refractivity contribution in [2.45, 2.75) is 6.92 Å². The zero-order valence-electron chi connectivity index (χ0n) is 5.29. The first kappa shape index (κ1) is 6.77. The van der Waals surface area contributed by atoms with E-state index in [4.69, 9.17) is 12.2 Å². The molecule has 1 unspecified atom stereocenters. The van der Waals surface area contributed by atoms with Crippen molar-refractivity contribution in [3.8, 4) is 0 Å². The second kappa shape index (κ2) is 2.49. The summed E-state index contributed by atoms with van der Waals surface area (Å²) in [6.07, 6.45) is 3.56. The quantitative estimate of drug-likeness (QED) is 0.426. The van der Waals surface area contributed by atoms with Crippen molar-refractivity contribution in [3.63, 3.8) is 0 Å². The fraction of sp³-hybridized carbons (Fsp3) is 0.400. The van der Waals surface area contributed by atoms with Gasteiger partial charge in [-0.05, 0) is 10.5 Å². The van der Waals surface area contributed by atoms with E-state index in [1.165, 1.54) is 6.33 Å². The van der Waals surface area contributed by atoms with Gasteiger partial charge in [-0.25, -0.2) is 4.98 Å². The molecule has 0 spiro atoms. The Morgan fingerprint density at radius 2 is 2.22 bits per heavy atom. The number of aromatic nitrogens is 2. The second-order valence-corrected chi connectivity index (χ2v) is 4.31. The van der Waals surface area contributed by atoms with Crippen molar-refractivity contribution >= 4 is 22.7 Å². The maximum atomic E-state index is 4.94. The van der Waals surface area contributed by atoms with Gasteiger partial charge in [0.15, 0.2) is 5.01 Å². The first-order valence-corrected chi connectivity index (χ1v) is 4.53. The van der Waals surface area contributed by atoms with Crippen molar-refractivity contribution in [2.75, 3.05) is 0 Å². The van der Waals surface area contributed by atoms with Crippen LogP contribution in [0.1, 0.15) is 5.01 Å². The van der Waals surface area contributed by atoms with E-state index in [1.54, 1.807) is 0 Å². The molecule has 9 heavy (non-hydrogen) atoms. The van der Waals surface area contributed by atoms with Crippen LogP contribution >= 0.6 is 22.7 Å². The molecule has 0 bridgehead atoms. The van der Waals surface area contributed by atoms with Gasteiger partial charge in [0, 0.05) is 6.92 Å². The summed E-state index contributed by atoms with van der Waals surface area (Å²) >= 11 is 4.94. The Kier molecular flexibility index (Phi) is 1.87. The van der Waals surface area contributed by atoms with E-state index in [0.717, 1.165) is 8.96 Å². The van der Waals surface area contributed by atoms with Crippen LogP contribution in [0.25, 0.3) is 0 Å². The Morgan fingerprint density at radius 1 is 1.56 bits per heavy atom. The highest BCUT2D eigenvalue weighted by Gasteiger charge is 2.00. The van der Waals surface area contributed by atoms with Crippen LogP contribution in [0.4, 0.5) is 0 Å². The van der Waals surface area contributed by atoms with E-state index in [2.05, 4.69) is 9.97 Å². The fourth-order valence-corrected chi connectivity index (χ4v) is 1.51. The van der Waals surface area contributed by atoms with Crippen molar-refractivity contribution in [1.82, 2.24) is 9.97 Å². The summed E-state index contributed by atoms with van der Waals surface area (Å²) in [5, 5.41) is 1.08. The Labute approximate surface area is 61.6 Å². The summed E-state index contributed by atoms with van der Waals surface area (Å²) in [7, 11) is 0.00386. The van der Waals surface area contributed by atoms with E-state index < -0.39 is 0 Å². The molecule has 48 valence electrons. The molecular formula is C5H7N2S2+. The lowest BCUT2D eigenvalue weighted by atomic mass is 10.8.